The van der Waals surface area contributed by atoms with Gasteiger partial charge in [0.2, 0.25) is 0 Å². The highest BCUT2D eigenvalue weighted by atomic mass is 16.4. The molecule has 0 radical (unpaired) electrons. The normalized spacial score (nSPS) is 52.6. The third-order valence-corrected chi connectivity index (χ3v) is 12.5. The van der Waals surface area contributed by atoms with Gasteiger partial charge in [-0.2, -0.15) is 0 Å². The van der Waals surface area contributed by atoms with Gasteiger partial charge >= 0.3 is 5.97 Å². The molecule has 4 fully saturated rings. The van der Waals surface area contributed by atoms with Crippen LogP contribution in [-0.4, -0.2) is 39.8 Å². The van der Waals surface area contributed by atoms with E-state index in [1.54, 1.807) is 0 Å². The maximum absolute atomic E-state index is 13.7. The second kappa shape index (κ2) is 7.29. The summed E-state index contributed by atoms with van der Waals surface area (Å²) in [6, 6.07) is 0. The van der Waals surface area contributed by atoms with Crippen molar-refractivity contribution < 1.29 is 24.9 Å². The molecule has 3 N–H and O–H groups in total. The third-order valence-electron chi connectivity index (χ3n) is 12.5. The molecular weight excluding hydrogens is 428 g/mol. The average Bonchev–Trinajstić information content (AvgIpc) is 2.78. The number of hydrogen-bond acceptors (Lipinski definition) is 4. The predicted molar refractivity (Wildman–Crippen MR) is 130 cm³/mol. The highest BCUT2D eigenvalue weighted by Gasteiger charge is 2.71. The van der Waals surface area contributed by atoms with Crippen LogP contribution in [0.1, 0.15) is 85.5 Å². The van der Waals surface area contributed by atoms with Crippen molar-refractivity contribution in [2.75, 3.05) is 6.61 Å². The maximum atomic E-state index is 13.7. The van der Waals surface area contributed by atoms with Crippen LogP contribution in [0.25, 0.3) is 0 Å². The van der Waals surface area contributed by atoms with E-state index in [-0.39, 0.29) is 47.4 Å². The van der Waals surface area contributed by atoms with Gasteiger partial charge in [-0.05, 0) is 74.0 Å². The number of Topliss-reactive ketones (excluding diaryl/α,β-unsaturated/α-hetero) is 1. The minimum Gasteiger partial charge on any atom is -0.481 e. The summed E-state index contributed by atoms with van der Waals surface area (Å²) in [5.74, 6) is -0.489. The fourth-order valence-electron chi connectivity index (χ4n) is 9.93. The number of allylic oxidation sites excluding steroid dienone is 3. The molecule has 0 aromatic heterocycles. The van der Waals surface area contributed by atoms with Crippen LogP contribution in [0.2, 0.25) is 0 Å². The lowest BCUT2D eigenvalue weighted by molar-refractivity contribution is -0.210. The van der Waals surface area contributed by atoms with E-state index < -0.39 is 28.3 Å². The van der Waals surface area contributed by atoms with Crippen molar-refractivity contribution in [1.82, 2.24) is 0 Å². The van der Waals surface area contributed by atoms with E-state index in [1.807, 2.05) is 6.92 Å². The number of hydrogen-bond donors (Lipinski definition) is 3. The Labute approximate surface area is 203 Å². The lowest BCUT2D eigenvalue weighted by Gasteiger charge is -2.70. The number of rotatable bonds is 2. The minimum absolute atomic E-state index is 0.0140. The summed E-state index contributed by atoms with van der Waals surface area (Å²) in [6.45, 7) is 12.9. The number of carboxylic acids is 1. The highest BCUT2D eigenvalue weighted by molar-refractivity contribution is 5.87. The van der Waals surface area contributed by atoms with Crippen LogP contribution in [0.15, 0.2) is 23.8 Å². The first-order valence-electron chi connectivity index (χ1n) is 13.2. The molecular formula is C29H42O5. The zero-order valence-electron chi connectivity index (χ0n) is 21.3. The molecule has 5 rings (SSSR count). The van der Waals surface area contributed by atoms with Gasteiger partial charge in [-0.25, -0.2) is 0 Å². The van der Waals surface area contributed by atoms with Gasteiger partial charge in [-0.1, -0.05) is 51.5 Å². The van der Waals surface area contributed by atoms with E-state index in [2.05, 4.69) is 33.4 Å². The summed E-state index contributed by atoms with van der Waals surface area (Å²) in [6.07, 6.45) is 7.82. The lowest BCUT2D eigenvalue weighted by atomic mass is 9.33. The molecule has 0 amide bonds. The van der Waals surface area contributed by atoms with Gasteiger partial charge in [0.15, 0.2) is 0 Å². The molecule has 5 nitrogen and oxygen atoms in total. The van der Waals surface area contributed by atoms with Gasteiger partial charge < -0.3 is 15.3 Å². The Hall–Kier alpha value is -1.46. The number of carboxylic acid groups (broad SMARTS) is 1. The van der Waals surface area contributed by atoms with Crippen LogP contribution < -0.4 is 0 Å². The third kappa shape index (κ3) is 2.64. The van der Waals surface area contributed by atoms with Crippen molar-refractivity contribution in [3.63, 3.8) is 0 Å². The van der Waals surface area contributed by atoms with Crippen molar-refractivity contribution >= 4 is 11.8 Å². The maximum Gasteiger partial charge on any atom is 0.310 e. The monoisotopic (exact) mass is 470 g/mol. The SMILES string of the molecule is C=C1CC[C@]2(C(=O)O)CC[C@]3(C)C(=CC[C@@H]4[C@@]5(C)C(=O)C[C@H](O)[C@@](C)(CO)[C@@H]5CC[C@]43C)[C@@H]2C1. The molecule has 0 saturated heterocycles. The molecule has 5 heteroatoms. The van der Waals surface area contributed by atoms with Crippen LogP contribution in [-0.2, 0) is 9.59 Å². The fraction of sp³-hybridized carbons (Fsp3) is 0.793. The minimum atomic E-state index is -0.808. The zero-order valence-corrected chi connectivity index (χ0v) is 21.3. The molecule has 0 aromatic rings. The topological polar surface area (TPSA) is 94.8 Å². The Balaban J connectivity index is 1.63. The Morgan fingerprint density at radius 2 is 1.79 bits per heavy atom. The van der Waals surface area contributed by atoms with E-state index in [1.165, 1.54) is 5.57 Å². The number of aliphatic carboxylic acids is 1. The second-order valence-electron chi connectivity index (χ2n) is 13.3. The lowest BCUT2D eigenvalue weighted by Crippen LogP contribution is -2.68. The first kappa shape index (κ1) is 24.2. The molecule has 0 aromatic carbocycles. The molecule has 34 heavy (non-hydrogen) atoms. The average molecular weight is 471 g/mol. The quantitative estimate of drug-likeness (QED) is 0.498. The summed E-state index contributed by atoms with van der Waals surface area (Å²) < 4.78 is 0. The van der Waals surface area contributed by atoms with E-state index in [0.717, 1.165) is 44.1 Å². The van der Waals surface area contributed by atoms with E-state index in [0.29, 0.717) is 12.8 Å². The van der Waals surface area contributed by atoms with E-state index in [9.17, 15) is 24.9 Å². The summed E-state index contributed by atoms with van der Waals surface area (Å²) in [5, 5.41) is 31.5. The van der Waals surface area contributed by atoms with Gasteiger partial charge in [0.05, 0.1) is 18.1 Å². The Morgan fingerprint density at radius 3 is 2.44 bits per heavy atom. The van der Waals surface area contributed by atoms with Crippen molar-refractivity contribution in [3.8, 4) is 0 Å². The van der Waals surface area contributed by atoms with Crippen LogP contribution >= 0.6 is 0 Å². The number of aliphatic hydroxyl groups is 2. The van der Waals surface area contributed by atoms with Gasteiger partial charge in [-0.3, -0.25) is 9.59 Å². The smallest absolute Gasteiger partial charge is 0.310 e. The molecule has 0 unspecified atom stereocenters. The van der Waals surface area contributed by atoms with Gasteiger partial charge in [0, 0.05) is 23.2 Å². The molecule has 4 saturated carbocycles. The van der Waals surface area contributed by atoms with Gasteiger partial charge in [0.1, 0.15) is 5.78 Å². The summed E-state index contributed by atoms with van der Waals surface area (Å²) in [5.41, 5.74) is 0.169. The van der Waals surface area contributed by atoms with Gasteiger partial charge in [0.25, 0.3) is 0 Å². The van der Waals surface area contributed by atoms with Crippen LogP contribution in [0.3, 0.4) is 0 Å². The number of carbonyl (C=O) groups excluding carboxylic acids is 1. The molecule has 0 aliphatic heterocycles. The van der Waals surface area contributed by atoms with Crippen molar-refractivity contribution in [2.24, 2.45) is 44.8 Å². The first-order chi connectivity index (χ1) is 15.8. The summed E-state index contributed by atoms with van der Waals surface area (Å²) in [7, 11) is 0. The van der Waals surface area contributed by atoms with Crippen LogP contribution in [0.5, 0.6) is 0 Å². The first-order valence-corrected chi connectivity index (χ1v) is 13.2. The second-order valence-corrected chi connectivity index (χ2v) is 13.3. The molecule has 5 aliphatic carbocycles. The molecule has 188 valence electrons. The zero-order chi connectivity index (χ0) is 24.9. The number of fused-ring (bicyclic) bond motifs is 7. The Morgan fingerprint density at radius 1 is 1.09 bits per heavy atom. The van der Waals surface area contributed by atoms with Crippen molar-refractivity contribution in [1.29, 1.82) is 0 Å². The van der Waals surface area contributed by atoms with E-state index in [4.69, 9.17) is 0 Å². The number of carbonyl (C=O) groups is 2. The van der Waals surface area contributed by atoms with Crippen molar-refractivity contribution in [2.45, 2.75) is 91.6 Å². The van der Waals surface area contributed by atoms with Crippen molar-refractivity contribution in [3.05, 3.63) is 23.8 Å². The molecule has 9 atom stereocenters. The summed E-state index contributed by atoms with van der Waals surface area (Å²) >= 11 is 0. The molecule has 0 bridgehead atoms. The largest absolute Gasteiger partial charge is 0.481 e. The van der Waals surface area contributed by atoms with Crippen LogP contribution in [0, 0.1) is 44.8 Å². The Bertz CT molecular complexity index is 983. The summed E-state index contributed by atoms with van der Waals surface area (Å²) in [4.78, 5) is 26.3. The highest BCUT2D eigenvalue weighted by Crippen LogP contribution is 2.74. The molecule has 0 spiro atoms. The fourth-order valence-corrected chi connectivity index (χ4v) is 9.93. The van der Waals surface area contributed by atoms with Crippen LogP contribution in [0.4, 0.5) is 0 Å². The van der Waals surface area contributed by atoms with Gasteiger partial charge in [-0.15, -0.1) is 0 Å². The number of ketones is 1. The molecule has 0 heterocycles. The number of aliphatic hydroxyl groups excluding tert-OH is 2. The molecule has 5 aliphatic rings. The van der Waals surface area contributed by atoms with E-state index >= 15 is 0 Å². The predicted octanol–water partition coefficient (Wildman–Crippen LogP) is 4.92. The Kier molecular flexibility index (Phi) is 5.20. The standard InChI is InChI=1S/C29H42O5/c1-17-8-11-29(24(33)34)13-12-26(3)18(19(29)14-17)6-7-21-27(26,4)10-9-20-25(2,16-30)22(31)15-23(32)28(20,21)5/h6,19-22,30-31H,1,7-16H2,2-5H3,(H,33,34)/t19-,20-,21-,22-,25-,26+,27+,28-,29-/m0/s1.